The Bertz CT molecular complexity index is 102. The van der Waals surface area contributed by atoms with Crippen LogP contribution in [0.15, 0.2) is 0 Å². The van der Waals surface area contributed by atoms with Crippen LogP contribution in [0.25, 0.3) is 0 Å². The van der Waals surface area contributed by atoms with Gasteiger partial charge in [0.05, 0.1) is 12.2 Å². The minimum absolute atomic E-state index is 0.411. The molecule has 0 bridgehead atoms. The van der Waals surface area contributed by atoms with Gasteiger partial charge < -0.3 is 9.47 Å². The zero-order valence-electron chi connectivity index (χ0n) is 7.67. The van der Waals surface area contributed by atoms with E-state index in [-0.39, 0.29) is 0 Å². The molecule has 0 heterocycles. The molecule has 0 aromatic carbocycles. The molecule has 2 nitrogen and oxygen atoms in total. The number of hydrogen-bond acceptors (Lipinski definition) is 2. The molecule has 1 aliphatic carbocycles. The molecule has 1 aliphatic rings. The van der Waals surface area contributed by atoms with Gasteiger partial charge in [-0.2, -0.15) is 0 Å². The lowest BCUT2D eigenvalue weighted by Gasteiger charge is -2.33. The van der Waals surface area contributed by atoms with Crippen molar-refractivity contribution in [3.8, 4) is 0 Å². The fourth-order valence-electron chi connectivity index (χ4n) is 1.95. The van der Waals surface area contributed by atoms with Gasteiger partial charge in [0.2, 0.25) is 0 Å². The third-order valence-electron chi connectivity index (χ3n) is 2.76. The molecule has 1 rings (SSSR count). The molecular formula is C9H18O2. The summed E-state index contributed by atoms with van der Waals surface area (Å²) >= 11 is 0. The Balaban J connectivity index is 2.45. The first kappa shape index (κ1) is 9.01. The molecule has 0 aromatic rings. The fraction of sp³-hybridized carbons (Fsp3) is 1.00. The number of methoxy groups -OCH3 is 2. The second kappa shape index (κ2) is 4.07. The molecule has 0 amide bonds. The molecule has 1 fully saturated rings. The minimum Gasteiger partial charge on any atom is -0.381 e. The van der Waals surface area contributed by atoms with Crippen LogP contribution in [0.2, 0.25) is 0 Å². The lowest BCUT2D eigenvalue weighted by molar-refractivity contribution is -0.0556. The minimum atomic E-state index is 0.411. The van der Waals surface area contributed by atoms with Gasteiger partial charge in [0.25, 0.3) is 0 Å². The third kappa shape index (κ3) is 1.94. The van der Waals surface area contributed by atoms with E-state index in [2.05, 4.69) is 6.92 Å². The fourth-order valence-corrected chi connectivity index (χ4v) is 1.95. The maximum absolute atomic E-state index is 5.36. The molecule has 1 saturated carbocycles. The Labute approximate surface area is 68.9 Å². The molecule has 0 N–H and O–H groups in total. The van der Waals surface area contributed by atoms with Crippen molar-refractivity contribution in [2.24, 2.45) is 5.92 Å². The molecule has 0 radical (unpaired) electrons. The first-order valence-corrected chi connectivity index (χ1v) is 4.35. The van der Waals surface area contributed by atoms with Crippen molar-refractivity contribution in [3.05, 3.63) is 0 Å². The van der Waals surface area contributed by atoms with Crippen LogP contribution in [0, 0.1) is 5.92 Å². The smallest absolute Gasteiger partial charge is 0.0621 e. The van der Waals surface area contributed by atoms with E-state index < -0.39 is 0 Å². The topological polar surface area (TPSA) is 18.5 Å². The van der Waals surface area contributed by atoms with E-state index in [1.165, 1.54) is 19.3 Å². The summed E-state index contributed by atoms with van der Waals surface area (Å²) in [6.45, 7) is 2.21. The molecule has 0 unspecified atom stereocenters. The van der Waals surface area contributed by atoms with Crippen LogP contribution in [-0.2, 0) is 9.47 Å². The van der Waals surface area contributed by atoms with Gasteiger partial charge in [-0.3, -0.25) is 0 Å². The summed E-state index contributed by atoms with van der Waals surface area (Å²) in [7, 11) is 3.58. The summed E-state index contributed by atoms with van der Waals surface area (Å²) in [5.74, 6) is 0.554. The highest BCUT2D eigenvalue weighted by Gasteiger charge is 2.29. The van der Waals surface area contributed by atoms with Gasteiger partial charge >= 0.3 is 0 Å². The Morgan fingerprint density at radius 1 is 1.00 bits per heavy atom. The highest BCUT2D eigenvalue weighted by Crippen LogP contribution is 2.28. The van der Waals surface area contributed by atoms with Gasteiger partial charge in [-0.1, -0.05) is 6.92 Å². The van der Waals surface area contributed by atoms with E-state index in [1.54, 1.807) is 14.2 Å². The van der Waals surface area contributed by atoms with Crippen LogP contribution in [0.1, 0.15) is 26.2 Å². The van der Waals surface area contributed by atoms with Gasteiger partial charge in [0, 0.05) is 20.1 Å². The van der Waals surface area contributed by atoms with Crippen molar-refractivity contribution in [1.29, 1.82) is 0 Å². The van der Waals surface area contributed by atoms with E-state index in [9.17, 15) is 0 Å². The van der Waals surface area contributed by atoms with Crippen molar-refractivity contribution >= 4 is 0 Å². The van der Waals surface area contributed by atoms with Crippen LogP contribution >= 0.6 is 0 Å². The van der Waals surface area contributed by atoms with Crippen LogP contribution in [0.5, 0.6) is 0 Å². The van der Waals surface area contributed by atoms with Crippen molar-refractivity contribution in [3.63, 3.8) is 0 Å². The Morgan fingerprint density at radius 3 is 1.82 bits per heavy atom. The highest BCUT2D eigenvalue weighted by molar-refractivity contribution is 4.80. The molecular weight excluding hydrogens is 140 g/mol. The average molecular weight is 158 g/mol. The Kier molecular flexibility index (Phi) is 3.34. The maximum Gasteiger partial charge on any atom is 0.0621 e. The van der Waals surface area contributed by atoms with E-state index in [0.717, 1.165) is 0 Å². The van der Waals surface area contributed by atoms with E-state index in [4.69, 9.17) is 9.47 Å². The number of ether oxygens (including phenoxy) is 2. The number of hydrogen-bond donors (Lipinski definition) is 0. The predicted octanol–water partition coefficient (Wildman–Crippen LogP) is 1.84. The molecule has 66 valence electrons. The first-order chi connectivity index (χ1) is 5.29. The largest absolute Gasteiger partial charge is 0.381 e. The summed E-state index contributed by atoms with van der Waals surface area (Å²) in [6.07, 6.45) is 4.44. The lowest BCUT2D eigenvalue weighted by Crippen LogP contribution is -2.36. The third-order valence-corrected chi connectivity index (χ3v) is 2.76. The number of rotatable bonds is 2. The summed E-state index contributed by atoms with van der Waals surface area (Å²) < 4.78 is 10.7. The van der Waals surface area contributed by atoms with Crippen LogP contribution in [-0.4, -0.2) is 26.4 Å². The Morgan fingerprint density at radius 2 is 1.45 bits per heavy atom. The summed E-state index contributed by atoms with van der Waals surface area (Å²) in [5, 5.41) is 0. The quantitative estimate of drug-likeness (QED) is 0.610. The van der Waals surface area contributed by atoms with Gasteiger partial charge in [0.1, 0.15) is 0 Å². The SMILES string of the molecule is CO[C@@H]1CCC[C@@H](OC)C1C. The molecule has 2 heteroatoms. The van der Waals surface area contributed by atoms with E-state index in [0.29, 0.717) is 18.1 Å². The van der Waals surface area contributed by atoms with Gasteiger partial charge in [-0.15, -0.1) is 0 Å². The van der Waals surface area contributed by atoms with E-state index >= 15 is 0 Å². The highest BCUT2D eigenvalue weighted by atomic mass is 16.5. The van der Waals surface area contributed by atoms with Crippen molar-refractivity contribution in [1.82, 2.24) is 0 Å². The standard InChI is InChI=1S/C9H18O2/c1-7-8(10-2)5-4-6-9(7)11-3/h7-9H,4-6H2,1-3H3/t8-,9-/m1/s1. The van der Waals surface area contributed by atoms with Crippen molar-refractivity contribution in [2.45, 2.75) is 38.4 Å². The second-order valence-corrected chi connectivity index (χ2v) is 3.34. The average Bonchev–Trinajstić information content (AvgIpc) is 2.05. The monoisotopic (exact) mass is 158 g/mol. The molecule has 0 saturated heterocycles. The molecule has 2 atom stereocenters. The van der Waals surface area contributed by atoms with Gasteiger partial charge in [0.15, 0.2) is 0 Å². The van der Waals surface area contributed by atoms with Crippen LogP contribution in [0.3, 0.4) is 0 Å². The molecule has 11 heavy (non-hydrogen) atoms. The zero-order valence-corrected chi connectivity index (χ0v) is 7.67. The lowest BCUT2D eigenvalue weighted by atomic mass is 9.85. The van der Waals surface area contributed by atoms with E-state index in [1.807, 2.05) is 0 Å². The molecule has 0 spiro atoms. The first-order valence-electron chi connectivity index (χ1n) is 4.35. The van der Waals surface area contributed by atoms with Gasteiger partial charge in [-0.25, -0.2) is 0 Å². The summed E-state index contributed by atoms with van der Waals surface area (Å²) in [4.78, 5) is 0. The molecule has 0 aliphatic heterocycles. The normalized spacial score (nSPS) is 34.1. The van der Waals surface area contributed by atoms with Crippen molar-refractivity contribution in [2.75, 3.05) is 14.2 Å². The Hall–Kier alpha value is -0.0800. The van der Waals surface area contributed by atoms with Crippen LogP contribution in [0.4, 0.5) is 0 Å². The van der Waals surface area contributed by atoms with Crippen LogP contribution < -0.4 is 0 Å². The maximum atomic E-state index is 5.36. The predicted molar refractivity (Wildman–Crippen MR) is 44.6 cm³/mol. The summed E-state index contributed by atoms with van der Waals surface area (Å²) in [6, 6.07) is 0. The zero-order chi connectivity index (χ0) is 8.27. The summed E-state index contributed by atoms with van der Waals surface area (Å²) in [5.41, 5.74) is 0. The van der Waals surface area contributed by atoms with Crippen molar-refractivity contribution < 1.29 is 9.47 Å². The van der Waals surface area contributed by atoms with Gasteiger partial charge in [-0.05, 0) is 19.3 Å². The molecule has 0 aromatic heterocycles. The second-order valence-electron chi connectivity index (χ2n) is 3.34.